The van der Waals surface area contributed by atoms with Gasteiger partial charge in [-0.05, 0) is 26.8 Å². The van der Waals surface area contributed by atoms with Gasteiger partial charge in [-0.25, -0.2) is 0 Å². The first kappa shape index (κ1) is 11.3. The molecule has 0 aromatic heterocycles. The van der Waals surface area contributed by atoms with Crippen LogP contribution in [0.5, 0.6) is 5.75 Å². The van der Waals surface area contributed by atoms with Gasteiger partial charge in [-0.2, -0.15) is 0 Å². The number of hydrogen-bond acceptors (Lipinski definition) is 3. The van der Waals surface area contributed by atoms with E-state index >= 15 is 0 Å². The molecule has 0 amide bonds. The Morgan fingerprint density at radius 1 is 1.33 bits per heavy atom. The predicted molar refractivity (Wildman–Crippen MR) is 69.6 cm³/mol. The van der Waals surface area contributed by atoms with Crippen LogP contribution in [0, 0.1) is 0 Å². The van der Waals surface area contributed by atoms with Crippen molar-refractivity contribution in [3.05, 3.63) is 41.1 Å². The van der Waals surface area contributed by atoms with Crippen molar-refractivity contribution in [2.75, 3.05) is 0 Å². The number of para-hydroxylation sites is 1. The largest absolute Gasteiger partial charge is 0.487 e. The summed E-state index contributed by atoms with van der Waals surface area (Å²) in [5, 5.41) is 3.35. The monoisotopic (exact) mass is 243 g/mol. The maximum atomic E-state index is 11.9. The van der Waals surface area contributed by atoms with Crippen molar-refractivity contribution in [2.45, 2.75) is 38.8 Å². The lowest BCUT2D eigenvalue weighted by Gasteiger charge is -2.34. The van der Waals surface area contributed by atoms with E-state index in [0.29, 0.717) is 0 Å². The number of hydrogen-bond donors (Lipinski definition) is 1. The Labute approximate surface area is 107 Å². The molecule has 18 heavy (non-hydrogen) atoms. The van der Waals surface area contributed by atoms with Gasteiger partial charge in [0, 0.05) is 16.8 Å². The van der Waals surface area contributed by atoms with Gasteiger partial charge in [0.1, 0.15) is 11.9 Å². The van der Waals surface area contributed by atoms with Crippen molar-refractivity contribution in [3.8, 4) is 5.75 Å². The number of carbonyl (C=O) groups excluding carboxylic acids is 1. The van der Waals surface area contributed by atoms with Crippen molar-refractivity contribution in [1.82, 2.24) is 5.32 Å². The van der Waals surface area contributed by atoms with Gasteiger partial charge < -0.3 is 10.1 Å². The highest BCUT2D eigenvalue weighted by Crippen LogP contribution is 2.46. The molecule has 2 heterocycles. The molecule has 3 nitrogen and oxygen atoms in total. The molecule has 1 aromatic rings. The fraction of sp³-hybridized carbons (Fsp3) is 0.400. The predicted octanol–water partition coefficient (Wildman–Crippen LogP) is 2.39. The van der Waals surface area contributed by atoms with Crippen LogP contribution in [0.2, 0.25) is 0 Å². The summed E-state index contributed by atoms with van der Waals surface area (Å²) in [4.78, 5) is 11.9. The van der Waals surface area contributed by atoms with Crippen molar-refractivity contribution in [1.29, 1.82) is 0 Å². The highest BCUT2D eigenvalue weighted by molar-refractivity contribution is 5.96. The smallest absolute Gasteiger partial charge is 0.158 e. The Morgan fingerprint density at radius 3 is 2.78 bits per heavy atom. The summed E-state index contributed by atoms with van der Waals surface area (Å²) in [5.74, 6) is 1.12. The lowest BCUT2D eigenvalue weighted by atomic mass is 9.80. The summed E-state index contributed by atoms with van der Waals surface area (Å²) in [6.07, 6.45) is 0.0185. The van der Waals surface area contributed by atoms with Crippen LogP contribution in [0.1, 0.15) is 32.3 Å². The van der Waals surface area contributed by atoms with E-state index in [2.05, 4.69) is 18.3 Å². The average molecular weight is 243 g/mol. The van der Waals surface area contributed by atoms with Gasteiger partial charge >= 0.3 is 0 Å². The van der Waals surface area contributed by atoms with Gasteiger partial charge in [0.25, 0.3) is 0 Å². The number of benzene rings is 1. The number of ketones is 1. The normalized spacial score (nSPS) is 29.2. The van der Waals surface area contributed by atoms with Crippen molar-refractivity contribution in [2.24, 2.45) is 0 Å². The molecule has 0 saturated carbocycles. The minimum atomic E-state index is 0.0185. The summed E-state index contributed by atoms with van der Waals surface area (Å²) >= 11 is 0. The van der Waals surface area contributed by atoms with E-state index in [9.17, 15) is 4.79 Å². The standard InChI is InChI=1S/C15H17NO2/c1-8-13(10(3)17)14-11-6-4-5-7-12(11)18-15(14)9(2)16-8/h4-7,9,14-16H,1-3H3/t9-,14+,15+/m1/s1. The summed E-state index contributed by atoms with van der Waals surface area (Å²) in [6.45, 7) is 5.71. The first-order valence-electron chi connectivity index (χ1n) is 6.33. The SMILES string of the molecule is CC(=O)C1=C(C)N[C@H](C)[C@@H]2Oc3ccccc3[C@@H]12. The third-order valence-corrected chi connectivity index (χ3v) is 3.88. The molecule has 94 valence electrons. The van der Waals surface area contributed by atoms with Crippen LogP contribution in [-0.2, 0) is 4.79 Å². The van der Waals surface area contributed by atoms with Crippen LogP contribution in [-0.4, -0.2) is 17.9 Å². The van der Waals surface area contributed by atoms with E-state index in [0.717, 1.165) is 22.6 Å². The second-order valence-electron chi connectivity index (χ2n) is 5.13. The van der Waals surface area contributed by atoms with E-state index in [4.69, 9.17) is 4.74 Å². The Kier molecular flexibility index (Phi) is 2.44. The molecule has 1 N–H and O–H groups in total. The van der Waals surface area contributed by atoms with E-state index in [1.807, 2.05) is 25.1 Å². The summed E-state index contributed by atoms with van der Waals surface area (Å²) in [7, 11) is 0. The number of ether oxygens (including phenoxy) is 1. The molecule has 2 aliphatic heterocycles. The Bertz CT molecular complexity index is 547. The third kappa shape index (κ3) is 1.47. The van der Waals surface area contributed by atoms with E-state index < -0.39 is 0 Å². The van der Waals surface area contributed by atoms with Crippen LogP contribution >= 0.6 is 0 Å². The molecule has 0 bridgehead atoms. The molecule has 0 unspecified atom stereocenters. The molecule has 1 aromatic carbocycles. The van der Waals surface area contributed by atoms with E-state index in [1.54, 1.807) is 6.92 Å². The average Bonchev–Trinajstić information content (AvgIpc) is 2.69. The van der Waals surface area contributed by atoms with Crippen LogP contribution in [0.25, 0.3) is 0 Å². The maximum absolute atomic E-state index is 11.9. The number of Topliss-reactive ketones (excluding diaryl/α,β-unsaturated/α-hetero) is 1. The van der Waals surface area contributed by atoms with E-state index in [1.165, 1.54) is 0 Å². The molecule has 0 fully saturated rings. The zero-order valence-corrected chi connectivity index (χ0v) is 10.9. The Morgan fingerprint density at radius 2 is 2.06 bits per heavy atom. The second kappa shape index (κ2) is 3.87. The maximum Gasteiger partial charge on any atom is 0.158 e. The second-order valence-corrected chi connectivity index (χ2v) is 5.13. The first-order valence-corrected chi connectivity index (χ1v) is 6.33. The summed E-state index contributed by atoms with van der Waals surface area (Å²) in [6, 6.07) is 8.23. The topological polar surface area (TPSA) is 38.3 Å². The molecule has 2 aliphatic rings. The van der Waals surface area contributed by atoms with Gasteiger partial charge in [0.2, 0.25) is 0 Å². The summed E-state index contributed by atoms with van der Waals surface area (Å²) < 4.78 is 6.00. The zero-order valence-electron chi connectivity index (χ0n) is 10.9. The third-order valence-electron chi connectivity index (χ3n) is 3.88. The molecule has 3 heteroatoms. The van der Waals surface area contributed by atoms with Gasteiger partial charge in [-0.15, -0.1) is 0 Å². The first-order chi connectivity index (χ1) is 8.59. The fourth-order valence-electron chi connectivity index (χ4n) is 3.16. The quantitative estimate of drug-likeness (QED) is 0.823. The number of rotatable bonds is 1. The lowest BCUT2D eigenvalue weighted by Crippen LogP contribution is -2.47. The highest BCUT2D eigenvalue weighted by Gasteiger charge is 2.44. The zero-order chi connectivity index (χ0) is 12.9. The van der Waals surface area contributed by atoms with E-state index in [-0.39, 0.29) is 23.8 Å². The van der Waals surface area contributed by atoms with Crippen molar-refractivity contribution in [3.63, 3.8) is 0 Å². The molecule has 3 rings (SSSR count). The van der Waals surface area contributed by atoms with Crippen LogP contribution < -0.4 is 10.1 Å². The highest BCUT2D eigenvalue weighted by atomic mass is 16.5. The molecule has 0 saturated heterocycles. The van der Waals surface area contributed by atoms with Gasteiger partial charge in [0.15, 0.2) is 5.78 Å². The van der Waals surface area contributed by atoms with Crippen LogP contribution in [0.3, 0.4) is 0 Å². The Balaban J connectivity index is 2.17. The molecule has 3 atom stereocenters. The van der Waals surface area contributed by atoms with Gasteiger partial charge in [-0.3, -0.25) is 4.79 Å². The van der Waals surface area contributed by atoms with Crippen LogP contribution in [0.15, 0.2) is 35.5 Å². The number of fused-ring (bicyclic) bond motifs is 3. The van der Waals surface area contributed by atoms with Crippen LogP contribution in [0.4, 0.5) is 0 Å². The minimum Gasteiger partial charge on any atom is -0.487 e. The van der Waals surface area contributed by atoms with Gasteiger partial charge in [0.05, 0.1) is 12.0 Å². The molecular weight excluding hydrogens is 226 g/mol. The molecular formula is C15H17NO2. The van der Waals surface area contributed by atoms with Gasteiger partial charge in [-0.1, -0.05) is 18.2 Å². The molecule has 0 radical (unpaired) electrons. The number of nitrogens with one attached hydrogen (secondary N) is 1. The van der Waals surface area contributed by atoms with Crippen molar-refractivity contribution >= 4 is 5.78 Å². The number of carbonyl (C=O) groups is 1. The number of allylic oxidation sites excluding steroid dienone is 1. The lowest BCUT2D eigenvalue weighted by molar-refractivity contribution is -0.114. The molecule has 0 spiro atoms. The van der Waals surface area contributed by atoms with Crippen molar-refractivity contribution < 1.29 is 9.53 Å². The minimum absolute atomic E-state index is 0.0185. The Hall–Kier alpha value is -1.77. The molecule has 0 aliphatic carbocycles. The summed E-state index contributed by atoms with van der Waals surface area (Å²) in [5.41, 5.74) is 2.99. The fourth-order valence-corrected chi connectivity index (χ4v) is 3.16.